The van der Waals surface area contributed by atoms with Crippen LogP contribution in [0.4, 0.5) is 5.69 Å². The van der Waals surface area contributed by atoms with E-state index in [0.717, 1.165) is 36.5 Å². The first-order valence-electron chi connectivity index (χ1n) is 7.03. The zero-order valence-corrected chi connectivity index (χ0v) is 13.0. The van der Waals surface area contributed by atoms with Crippen molar-refractivity contribution in [2.45, 2.75) is 24.7 Å². The Kier molecular flexibility index (Phi) is 5.25. The zero-order valence-electron chi connectivity index (χ0n) is 12.1. The van der Waals surface area contributed by atoms with Crippen LogP contribution in [0.15, 0.2) is 29.2 Å². The van der Waals surface area contributed by atoms with Crippen LogP contribution in [0, 0.1) is 5.41 Å². The lowest BCUT2D eigenvalue weighted by Crippen LogP contribution is -2.42. The molecule has 5 nitrogen and oxygen atoms in total. The molecule has 1 aliphatic rings. The molecule has 1 aromatic rings. The topological polar surface area (TPSA) is 84.2 Å². The lowest BCUT2D eigenvalue weighted by Gasteiger charge is -2.32. The van der Waals surface area contributed by atoms with E-state index in [0.29, 0.717) is 0 Å². The predicted molar refractivity (Wildman–Crippen MR) is 85.2 cm³/mol. The Morgan fingerprint density at radius 2 is 2.00 bits per heavy atom. The first kappa shape index (κ1) is 15.9. The monoisotopic (exact) mass is 307 g/mol. The van der Waals surface area contributed by atoms with Gasteiger partial charge in [0.15, 0.2) is 0 Å². The molecule has 0 atom stereocenters. The van der Waals surface area contributed by atoms with Gasteiger partial charge in [-0.15, -0.1) is 11.8 Å². The number of nitrogens with one attached hydrogen (secondary N) is 2. The van der Waals surface area contributed by atoms with Crippen molar-refractivity contribution in [2.75, 3.05) is 24.2 Å². The van der Waals surface area contributed by atoms with E-state index in [1.807, 2.05) is 31.2 Å². The van der Waals surface area contributed by atoms with Gasteiger partial charge in [-0.3, -0.25) is 9.59 Å². The molecule has 0 aliphatic carbocycles. The van der Waals surface area contributed by atoms with Crippen molar-refractivity contribution in [3.63, 3.8) is 0 Å². The van der Waals surface area contributed by atoms with Crippen LogP contribution in [0.2, 0.25) is 0 Å². The third-order valence-electron chi connectivity index (χ3n) is 3.76. The first-order valence-corrected chi connectivity index (χ1v) is 8.02. The summed E-state index contributed by atoms with van der Waals surface area (Å²) in [6.07, 6.45) is 1.66. The van der Waals surface area contributed by atoms with Crippen molar-refractivity contribution in [3.05, 3.63) is 24.3 Å². The van der Waals surface area contributed by atoms with Crippen molar-refractivity contribution in [1.29, 1.82) is 0 Å². The van der Waals surface area contributed by atoms with Crippen molar-refractivity contribution in [3.8, 4) is 0 Å². The molecule has 1 saturated heterocycles. The van der Waals surface area contributed by atoms with E-state index in [4.69, 9.17) is 5.73 Å². The number of thioether (sulfide) groups is 1. The van der Waals surface area contributed by atoms with Crippen LogP contribution in [-0.4, -0.2) is 30.7 Å². The Bertz CT molecular complexity index is 527. The number of piperidine rings is 1. The first-order chi connectivity index (χ1) is 10.0. The highest BCUT2D eigenvalue weighted by Gasteiger charge is 2.34. The minimum Gasteiger partial charge on any atom is -0.369 e. The van der Waals surface area contributed by atoms with Gasteiger partial charge in [0.2, 0.25) is 11.8 Å². The molecule has 2 amide bonds. The smallest absolute Gasteiger partial charge is 0.230 e. The van der Waals surface area contributed by atoms with Crippen LogP contribution in [0.25, 0.3) is 0 Å². The second-order valence-electron chi connectivity index (χ2n) is 5.52. The molecule has 2 rings (SSSR count). The Hall–Kier alpha value is -1.53. The van der Waals surface area contributed by atoms with Gasteiger partial charge in [0.1, 0.15) is 0 Å². The van der Waals surface area contributed by atoms with E-state index in [-0.39, 0.29) is 23.0 Å². The van der Waals surface area contributed by atoms with E-state index in [9.17, 15) is 9.59 Å². The summed E-state index contributed by atoms with van der Waals surface area (Å²) in [5, 5.41) is 6.27. The number of benzene rings is 1. The van der Waals surface area contributed by atoms with Gasteiger partial charge in [-0.2, -0.15) is 0 Å². The minimum atomic E-state index is -0.369. The lowest BCUT2D eigenvalue weighted by molar-refractivity contribution is -0.126. The van der Waals surface area contributed by atoms with Gasteiger partial charge < -0.3 is 16.4 Å². The molecular formula is C15H21N3O2S. The number of primary amides is 1. The molecule has 114 valence electrons. The molecule has 1 aliphatic heterocycles. The number of carbonyl (C=O) groups excluding carboxylic acids is 2. The van der Waals surface area contributed by atoms with Gasteiger partial charge in [-0.1, -0.05) is 19.1 Å². The van der Waals surface area contributed by atoms with Crippen LogP contribution in [0.3, 0.4) is 0 Å². The van der Waals surface area contributed by atoms with Gasteiger partial charge >= 0.3 is 0 Å². The second-order valence-corrected chi connectivity index (χ2v) is 6.53. The van der Waals surface area contributed by atoms with Gasteiger partial charge in [0, 0.05) is 10.3 Å². The maximum Gasteiger partial charge on any atom is 0.230 e. The Labute approximate surface area is 129 Å². The number of para-hydroxylation sites is 1. The third-order valence-corrected chi connectivity index (χ3v) is 4.86. The second kappa shape index (κ2) is 6.95. The largest absolute Gasteiger partial charge is 0.369 e. The fourth-order valence-corrected chi connectivity index (χ4v) is 3.07. The summed E-state index contributed by atoms with van der Waals surface area (Å²) in [5.74, 6) is -0.129. The van der Waals surface area contributed by atoms with E-state index in [2.05, 4.69) is 10.6 Å². The van der Waals surface area contributed by atoms with E-state index >= 15 is 0 Å². The fraction of sp³-hybridized carbons (Fsp3) is 0.467. The van der Waals surface area contributed by atoms with Gasteiger partial charge in [0.05, 0.1) is 11.4 Å². The zero-order chi connectivity index (χ0) is 15.3. The summed E-state index contributed by atoms with van der Waals surface area (Å²) >= 11 is 1.34. The molecule has 0 saturated carbocycles. The summed E-state index contributed by atoms with van der Waals surface area (Å²) in [6, 6.07) is 7.49. The molecule has 1 aromatic carbocycles. The minimum absolute atomic E-state index is 0.0381. The quantitative estimate of drug-likeness (QED) is 0.721. The van der Waals surface area contributed by atoms with Crippen molar-refractivity contribution in [2.24, 2.45) is 11.1 Å². The number of anilines is 1. The highest BCUT2D eigenvalue weighted by Crippen LogP contribution is 2.32. The van der Waals surface area contributed by atoms with Gasteiger partial charge in [-0.05, 0) is 38.1 Å². The molecule has 1 fully saturated rings. The van der Waals surface area contributed by atoms with Crippen molar-refractivity contribution in [1.82, 2.24) is 5.32 Å². The maximum atomic E-state index is 12.5. The van der Waals surface area contributed by atoms with Crippen LogP contribution in [-0.2, 0) is 9.59 Å². The molecule has 0 radical (unpaired) electrons. The molecule has 21 heavy (non-hydrogen) atoms. The summed E-state index contributed by atoms with van der Waals surface area (Å²) in [6.45, 7) is 3.73. The van der Waals surface area contributed by atoms with Crippen LogP contribution in [0.5, 0.6) is 0 Å². The molecule has 0 aromatic heterocycles. The normalized spacial score (nSPS) is 17.2. The number of hydrogen-bond donors (Lipinski definition) is 3. The number of amides is 2. The van der Waals surface area contributed by atoms with E-state index in [1.54, 1.807) is 0 Å². The van der Waals surface area contributed by atoms with Crippen molar-refractivity contribution >= 4 is 29.3 Å². The number of carbonyl (C=O) groups is 2. The molecule has 1 heterocycles. The Morgan fingerprint density at radius 3 is 2.67 bits per heavy atom. The predicted octanol–water partition coefficient (Wildman–Crippen LogP) is 1.59. The summed E-state index contributed by atoms with van der Waals surface area (Å²) in [5.41, 5.74) is 5.58. The standard InChI is InChI=1S/C15H21N3O2S/c1-15(6-8-17-9-7-15)14(20)18-11-4-2-3-5-12(11)21-10-13(16)19/h2-5,17H,6-10H2,1H3,(H2,16,19)(H,18,20). The van der Waals surface area contributed by atoms with Crippen molar-refractivity contribution < 1.29 is 9.59 Å². The van der Waals surface area contributed by atoms with Gasteiger partial charge in [0.25, 0.3) is 0 Å². The van der Waals surface area contributed by atoms with Crippen LogP contribution < -0.4 is 16.4 Å². The molecule has 0 spiro atoms. The van der Waals surface area contributed by atoms with E-state index < -0.39 is 0 Å². The maximum absolute atomic E-state index is 12.5. The van der Waals surface area contributed by atoms with Gasteiger partial charge in [-0.25, -0.2) is 0 Å². The molecule has 6 heteroatoms. The number of nitrogens with two attached hydrogens (primary N) is 1. The number of hydrogen-bond acceptors (Lipinski definition) is 4. The van der Waals surface area contributed by atoms with E-state index in [1.165, 1.54) is 11.8 Å². The molecule has 0 unspecified atom stereocenters. The summed E-state index contributed by atoms with van der Waals surface area (Å²) in [4.78, 5) is 24.3. The molecular weight excluding hydrogens is 286 g/mol. The summed E-state index contributed by atoms with van der Waals surface area (Å²) in [7, 11) is 0. The molecule has 0 bridgehead atoms. The lowest BCUT2D eigenvalue weighted by atomic mass is 9.80. The van der Waals surface area contributed by atoms with Crippen LogP contribution in [0.1, 0.15) is 19.8 Å². The fourth-order valence-electron chi connectivity index (χ4n) is 2.32. The average Bonchev–Trinajstić information content (AvgIpc) is 2.47. The Balaban J connectivity index is 2.08. The number of rotatable bonds is 5. The highest BCUT2D eigenvalue weighted by molar-refractivity contribution is 8.00. The average molecular weight is 307 g/mol. The SMILES string of the molecule is CC1(C(=O)Nc2ccccc2SCC(N)=O)CCNCC1. The highest BCUT2D eigenvalue weighted by atomic mass is 32.2. The molecule has 4 N–H and O–H groups in total. The van der Waals surface area contributed by atoms with Crippen LogP contribution >= 0.6 is 11.8 Å². The third kappa shape index (κ3) is 4.22. The summed E-state index contributed by atoms with van der Waals surface area (Å²) < 4.78 is 0. The Morgan fingerprint density at radius 1 is 1.33 bits per heavy atom.